The molecule has 5 aromatic rings. The average Bonchev–Trinajstić information content (AvgIpc) is 2.93. The lowest BCUT2D eigenvalue weighted by molar-refractivity contribution is 0.430. The van der Waals surface area contributed by atoms with E-state index in [1.165, 1.54) is 39.2 Å². The van der Waals surface area contributed by atoms with Gasteiger partial charge in [0.25, 0.3) is 0 Å². The van der Waals surface area contributed by atoms with Crippen LogP contribution < -0.4 is 9.64 Å². The minimum absolute atomic E-state index is 0.105. The Hall–Kier alpha value is -4.30. The Balaban J connectivity index is 1.58. The Kier molecular flexibility index (Phi) is 4.87. The van der Waals surface area contributed by atoms with Gasteiger partial charge in [-0.25, -0.2) is 0 Å². The summed E-state index contributed by atoms with van der Waals surface area (Å²) < 4.78 is 6.61. The van der Waals surface area contributed by atoms with E-state index in [1.54, 1.807) is 0 Å². The molecule has 0 saturated carbocycles. The number of para-hydroxylation sites is 4. The minimum Gasteiger partial charge on any atom is -0.456 e. The van der Waals surface area contributed by atoms with Crippen molar-refractivity contribution >= 4 is 17.1 Å². The Morgan fingerprint density at radius 3 is 1.76 bits per heavy atom. The Bertz CT molecular complexity index is 1640. The van der Waals surface area contributed by atoms with E-state index in [2.05, 4.69) is 148 Å². The van der Waals surface area contributed by atoms with Crippen LogP contribution in [-0.4, -0.2) is 0 Å². The number of ether oxygens (including phenoxy) is 1. The van der Waals surface area contributed by atoms with Gasteiger partial charge in [-0.1, -0.05) is 106 Å². The highest BCUT2D eigenvalue weighted by molar-refractivity contribution is 5.91. The third-order valence-electron chi connectivity index (χ3n) is 8.21. The first kappa shape index (κ1) is 22.9. The van der Waals surface area contributed by atoms with Crippen LogP contribution in [0.3, 0.4) is 0 Å². The number of rotatable bonds is 1. The molecular weight excluding hydrogens is 462 g/mol. The maximum Gasteiger partial charge on any atom is 0.135 e. The molecule has 2 heterocycles. The van der Waals surface area contributed by atoms with E-state index in [0.717, 1.165) is 22.7 Å². The molecule has 0 radical (unpaired) electrons. The first-order chi connectivity index (χ1) is 18.4. The Morgan fingerprint density at radius 2 is 1.13 bits per heavy atom. The number of hydrogen-bond acceptors (Lipinski definition) is 2. The van der Waals surface area contributed by atoms with E-state index in [9.17, 15) is 0 Å². The van der Waals surface area contributed by atoms with Gasteiger partial charge in [-0.15, -0.1) is 0 Å². The summed E-state index contributed by atoms with van der Waals surface area (Å²) in [5, 5.41) is 0. The number of benzene rings is 5. The quantitative estimate of drug-likeness (QED) is 0.226. The van der Waals surface area contributed by atoms with Crippen LogP contribution in [0.2, 0.25) is 0 Å². The molecule has 0 atom stereocenters. The van der Waals surface area contributed by atoms with Crippen molar-refractivity contribution < 1.29 is 4.74 Å². The van der Waals surface area contributed by atoms with Gasteiger partial charge >= 0.3 is 0 Å². The first-order valence-electron chi connectivity index (χ1n) is 13.4. The van der Waals surface area contributed by atoms with Crippen LogP contribution in [0.1, 0.15) is 54.2 Å². The largest absolute Gasteiger partial charge is 0.456 e. The molecule has 0 aliphatic carbocycles. The maximum absolute atomic E-state index is 6.61. The predicted molar refractivity (Wildman–Crippen MR) is 157 cm³/mol. The first-order valence-corrected chi connectivity index (χ1v) is 13.4. The molecular formula is C36H31NO. The fourth-order valence-corrected chi connectivity index (χ4v) is 6.42. The number of nitrogens with zero attached hydrogens (tertiary/aromatic N) is 1. The zero-order valence-electron chi connectivity index (χ0n) is 22.3. The summed E-state index contributed by atoms with van der Waals surface area (Å²) in [4.78, 5) is 2.43. The van der Waals surface area contributed by atoms with E-state index in [1.807, 2.05) is 0 Å². The third kappa shape index (κ3) is 3.07. The van der Waals surface area contributed by atoms with Gasteiger partial charge in [-0.2, -0.15) is 0 Å². The standard InChI is InChI=1S/C36H31NO/c1-24-12-11-16-30-34(24)38-33-19-10-7-15-29(33)36(30)27-13-5-8-17-31(27)37(32-18-9-6-14-28(32)36)26-22-20-25(21-23-26)35(2,3)4/h5-23H,1-4H3. The van der Waals surface area contributed by atoms with Crippen molar-refractivity contribution in [1.82, 2.24) is 0 Å². The Labute approximate surface area is 225 Å². The highest BCUT2D eigenvalue weighted by atomic mass is 16.5. The van der Waals surface area contributed by atoms with Crippen molar-refractivity contribution in [3.63, 3.8) is 0 Å². The molecule has 0 fully saturated rings. The molecule has 2 nitrogen and oxygen atoms in total. The van der Waals surface area contributed by atoms with Gasteiger partial charge in [0.15, 0.2) is 0 Å². The highest BCUT2D eigenvalue weighted by Gasteiger charge is 2.51. The van der Waals surface area contributed by atoms with E-state index in [0.29, 0.717) is 0 Å². The summed E-state index contributed by atoms with van der Waals surface area (Å²) in [6, 6.07) is 41.9. The van der Waals surface area contributed by atoms with E-state index in [4.69, 9.17) is 4.74 Å². The van der Waals surface area contributed by atoms with Crippen LogP contribution in [0, 0.1) is 6.92 Å². The van der Waals surface area contributed by atoms with E-state index in [-0.39, 0.29) is 5.41 Å². The second-order valence-electron chi connectivity index (χ2n) is 11.5. The molecule has 0 unspecified atom stereocenters. The smallest absolute Gasteiger partial charge is 0.135 e. The topological polar surface area (TPSA) is 12.5 Å². The second-order valence-corrected chi connectivity index (χ2v) is 11.5. The van der Waals surface area contributed by atoms with Gasteiger partial charge in [0.1, 0.15) is 11.5 Å². The van der Waals surface area contributed by atoms with Gasteiger partial charge in [0, 0.05) is 16.8 Å². The van der Waals surface area contributed by atoms with Crippen molar-refractivity contribution in [1.29, 1.82) is 0 Å². The molecule has 5 aromatic carbocycles. The van der Waals surface area contributed by atoms with Crippen molar-refractivity contribution in [2.75, 3.05) is 4.90 Å². The summed E-state index contributed by atoms with van der Waals surface area (Å²) in [6.45, 7) is 8.93. The van der Waals surface area contributed by atoms with Gasteiger partial charge in [-0.05, 0) is 64.9 Å². The summed E-state index contributed by atoms with van der Waals surface area (Å²) in [5.41, 5.74) is 10.5. The minimum atomic E-state index is -0.495. The van der Waals surface area contributed by atoms with E-state index < -0.39 is 5.41 Å². The molecule has 0 amide bonds. The maximum atomic E-state index is 6.61. The summed E-state index contributed by atoms with van der Waals surface area (Å²) in [6.07, 6.45) is 0. The molecule has 0 saturated heterocycles. The molecule has 0 aromatic heterocycles. The van der Waals surface area contributed by atoms with Crippen molar-refractivity contribution in [3.05, 3.63) is 149 Å². The van der Waals surface area contributed by atoms with Gasteiger partial charge in [-0.3, -0.25) is 0 Å². The molecule has 7 rings (SSSR count). The van der Waals surface area contributed by atoms with Crippen molar-refractivity contribution in [2.45, 2.75) is 38.5 Å². The normalized spacial score (nSPS) is 14.7. The van der Waals surface area contributed by atoms with Crippen LogP contribution >= 0.6 is 0 Å². The molecule has 0 bridgehead atoms. The van der Waals surface area contributed by atoms with Crippen LogP contribution in [-0.2, 0) is 10.8 Å². The fraction of sp³-hybridized carbons (Fsp3) is 0.167. The molecule has 186 valence electrons. The van der Waals surface area contributed by atoms with Gasteiger partial charge in [0.2, 0.25) is 0 Å². The second kappa shape index (κ2) is 8.10. The zero-order valence-corrected chi connectivity index (χ0v) is 22.3. The lowest BCUT2D eigenvalue weighted by Crippen LogP contribution is -2.39. The molecule has 38 heavy (non-hydrogen) atoms. The molecule has 1 spiro atoms. The average molecular weight is 494 g/mol. The van der Waals surface area contributed by atoms with Crippen LogP contribution in [0.5, 0.6) is 11.5 Å². The molecule has 2 aliphatic rings. The molecule has 2 heteroatoms. The lowest BCUT2D eigenvalue weighted by atomic mass is 9.61. The number of anilines is 3. The highest BCUT2D eigenvalue weighted by Crippen LogP contribution is 2.62. The lowest BCUT2D eigenvalue weighted by Gasteiger charge is -2.48. The SMILES string of the molecule is Cc1cccc2c1Oc1ccccc1C21c2ccccc2N(c2ccc(C(C)(C)C)cc2)c2ccccc21. The van der Waals surface area contributed by atoms with Crippen LogP contribution in [0.4, 0.5) is 17.1 Å². The third-order valence-corrected chi connectivity index (χ3v) is 8.21. The fourth-order valence-electron chi connectivity index (χ4n) is 6.42. The van der Waals surface area contributed by atoms with Crippen molar-refractivity contribution in [2.24, 2.45) is 0 Å². The number of hydrogen-bond donors (Lipinski definition) is 0. The summed E-state index contributed by atoms with van der Waals surface area (Å²) >= 11 is 0. The van der Waals surface area contributed by atoms with Crippen LogP contribution in [0.25, 0.3) is 0 Å². The number of aryl methyl sites for hydroxylation is 1. The molecule has 0 N–H and O–H groups in total. The van der Waals surface area contributed by atoms with Gasteiger partial charge in [0.05, 0.1) is 16.8 Å². The zero-order chi connectivity index (χ0) is 26.1. The monoisotopic (exact) mass is 493 g/mol. The van der Waals surface area contributed by atoms with E-state index >= 15 is 0 Å². The summed E-state index contributed by atoms with van der Waals surface area (Å²) in [7, 11) is 0. The summed E-state index contributed by atoms with van der Waals surface area (Å²) in [5.74, 6) is 1.88. The predicted octanol–water partition coefficient (Wildman–Crippen LogP) is 9.56. The Morgan fingerprint density at radius 1 is 0.579 bits per heavy atom. The van der Waals surface area contributed by atoms with Crippen LogP contribution in [0.15, 0.2) is 115 Å². The van der Waals surface area contributed by atoms with Gasteiger partial charge < -0.3 is 9.64 Å². The molecule has 2 aliphatic heterocycles. The van der Waals surface area contributed by atoms with Crippen molar-refractivity contribution in [3.8, 4) is 11.5 Å². The number of fused-ring (bicyclic) bond motifs is 8.